The van der Waals surface area contributed by atoms with Crippen LogP contribution >= 0.6 is 0 Å². The van der Waals surface area contributed by atoms with Crippen molar-refractivity contribution in [2.75, 3.05) is 26.2 Å². The molecule has 0 aliphatic carbocycles. The van der Waals surface area contributed by atoms with E-state index in [-0.39, 0.29) is 24.1 Å². The van der Waals surface area contributed by atoms with Crippen LogP contribution in [-0.4, -0.2) is 52.9 Å². The van der Waals surface area contributed by atoms with Crippen LogP contribution in [0.4, 0.5) is 4.39 Å². The lowest BCUT2D eigenvalue weighted by atomic mass is 10.1. The van der Waals surface area contributed by atoms with Gasteiger partial charge in [-0.1, -0.05) is 17.3 Å². The molecule has 1 aromatic heterocycles. The summed E-state index contributed by atoms with van der Waals surface area (Å²) in [5, 5.41) is 3.84. The van der Waals surface area contributed by atoms with Crippen LogP contribution in [0.5, 0.6) is 0 Å². The lowest BCUT2D eigenvalue weighted by Gasteiger charge is -2.34. The molecule has 1 fully saturated rings. The van der Waals surface area contributed by atoms with Gasteiger partial charge < -0.3 is 14.3 Å². The van der Waals surface area contributed by atoms with Gasteiger partial charge in [-0.25, -0.2) is 4.39 Å². The molecule has 1 saturated heterocycles. The fourth-order valence-electron chi connectivity index (χ4n) is 3.08. The lowest BCUT2D eigenvalue weighted by molar-refractivity contribution is -0.139. The van der Waals surface area contributed by atoms with E-state index in [0.717, 1.165) is 5.56 Å². The molecule has 7 heteroatoms. The van der Waals surface area contributed by atoms with E-state index in [9.17, 15) is 14.0 Å². The highest BCUT2D eigenvalue weighted by Crippen LogP contribution is 2.11. The maximum atomic E-state index is 13.2. The highest BCUT2D eigenvalue weighted by Gasteiger charge is 2.24. The van der Waals surface area contributed by atoms with E-state index in [1.165, 1.54) is 12.1 Å². The van der Waals surface area contributed by atoms with Crippen molar-refractivity contribution in [3.8, 4) is 0 Å². The van der Waals surface area contributed by atoms with E-state index in [0.29, 0.717) is 50.5 Å². The zero-order valence-electron chi connectivity index (χ0n) is 14.8. The number of piperazine rings is 1. The summed E-state index contributed by atoms with van der Waals surface area (Å²) in [5.74, 6) is 0.421. The highest BCUT2D eigenvalue weighted by molar-refractivity contribution is 5.79. The van der Waals surface area contributed by atoms with Crippen molar-refractivity contribution in [1.82, 2.24) is 15.0 Å². The van der Waals surface area contributed by atoms with Gasteiger partial charge in [0.25, 0.3) is 0 Å². The van der Waals surface area contributed by atoms with Crippen LogP contribution in [0.15, 0.2) is 34.9 Å². The predicted molar refractivity (Wildman–Crippen MR) is 92.8 cm³/mol. The van der Waals surface area contributed by atoms with Gasteiger partial charge in [-0.3, -0.25) is 9.59 Å². The summed E-state index contributed by atoms with van der Waals surface area (Å²) >= 11 is 0. The van der Waals surface area contributed by atoms with E-state index in [2.05, 4.69) is 5.16 Å². The van der Waals surface area contributed by atoms with E-state index in [4.69, 9.17) is 4.52 Å². The molecule has 3 rings (SSSR count). The van der Waals surface area contributed by atoms with Crippen LogP contribution in [0.25, 0.3) is 0 Å². The quantitative estimate of drug-likeness (QED) is 0.819. The molecule has 6 nitrogen and oxygen atoms in total. The van der Waals surface area contributed by atoms with Gasteiger partial charge in [0.1, 0.15) is 11.6 Å². The first kappa shape index (κ1) is 18.1. The average molecular weight is 359 g/mol. The second-order valence-corrected chi connectivity index (χ2v) is 6.50. The summed E-state index contributed by atoms with van der Waals surface area (Å²) in [6.07, 6.45) is 1.07. The Hall–Kier alpha value is -2.70. The Morgan fingerprint density at radius 3 is 2.42 bits per heavy atom. The Bertz CT molecular complexity index is 782. The third-order valence-corrected chi connectivity index (χ3v) is 4.51. The summed E-state index contributed by atoms with van der Waals surface area (Å²) in [6.45, 7) is 3.86. The summed E-state index contributed by atoms with van der Waals surface area (Å²) < 4.78 is 18.2. The minimum Gasteiger partial charge on any atom is -0.361 e. The maximum Gasteiger partial charge on any atom is 0.228 e. The molecule has 1 aliphatic rings. The molecule has 1 aliphatic heterocycles. The van der Waals surface area contributed by atoms with Gasteiger partial charge >= 0.3 is 0 Å². The van der Waals surface area contributed by atoms with Gasteiger partial charge in [-0.05, 0) is 31.0 Å². The molecule has 2 heterocycles. The molecule has 0 bridgehead atoms. The summed E-state index contributed by atoms with van der Waals surface area (Å²) in [6, 6.07) is 8.07. The molecular formula is C19H22FN3O3. The number of hydrogen-bond donors (Lipinski definition) is 0. The fraction of sp³-hybridized carbons (Fsp3) is 0.421. The van der Waals surface area contributed by atoms with Crippen LogP contribution < -0.4 is 0 Å². The largest absolute Gasteiger partial charge is 0.361 e. The third kappa shape index (κ3) is 4.68. The van der Waals surface area contributed by atoms with Crippen LogP contribution in [0.2, 0.25) is 0 Å². The Morgan fingerprint density at radius 2 is 1.81 bits per heavy atom. The van der Waals surface area contributed by atoms with Crippen molar-refractivity contribution < 1.29 is 18.5 Å². The van der Waals surface area contributed by atoms with Crippen molar-refractivity contribution in [3.63, 3.8) is 0 Å². The van der Waals surface area contributed by atoms with Gasteiger partial charge in [0.05, 0.1) is 12.1 Å². The minimum atomic E-state index is -0.288. The van der Waals surface area contributed by atoms with Crippen LogP contribution in [-0.2, 0) is 22.4 Å². The molecular weight excluding hydrogens is 337 g/mol. The zero-order valence-corrected chi connectivity index (χ0v) is 14.8. The maximum absolute atomic E-state index is 13.2. The highest BCUT2D eigenvalue weighted by atomic mass is 19.1. The first-order valence-corrected chi connectivity index (χ1v) is 8.73. The molecule has 0 saturated carbocycles. The number of nitrogens with zero attached hydrogens (tertiary/aromatic N) is 3. The predicted octanol–water partition coefficient (Wildman–Crippen LogP) is 1.97. The van der Waals surface area contributed by atoms with Crippen molar-refractivity contribution >= 4 is 11.8 Å². The number of rotatable bonds is 5. The first-order chi connectivity index (χ1) is 12.5. The fourth-order valence-corrected chi connectivity index (χ4v) is 3.08. The van der Waals surface area contributed by atoms with Crippen LogP contribution in [0.1, 0.15) is 23.4 Å². The van der Waals surface area contributed by atoms with Crippen molar-refractivity contribution in [2.45, 2.75) is 26.2 Å². The van der Waals surface area contributed by atoms with Gasteiger partial charge in [0, 0.05) is 38.7 Å². The topological polar surface area (TPSA) is 66.7 Å². The summed E-state index contributed by atoms with van der Waals surface area (Å²) in [7, 11) is 0. The molecule has 0 radical (unpaired) electrons. The smallest absolute Gasteiger partial charge is 0.228 e. The standard InChI is InChI=1S/C19H22FN3O3/c1-14-11-17(21-26-14)13-19(25)23-9-7-22(8-10-23)18(24)6-5-15-3-2-4-16(20)12-15/h2-4,11-12H,5-10,13H2,1H3. The molecule has 2 amide bonds. The van der Waals surface area contributed by atoms with Gasteiger partial charge in [0.15, 0.2) is 0 Å². The second kappa shape index (κ2) is 8.12. The van der Waals surface area contributed by atoms with Crippen LogP contribution in [0, 0.1) is 12.7 Å². The first-order valence-electron chi connectivity index (χ1n) is 8.73. The average Bonchev–Trinajstić information content (AvgIpc) is 3.04. The van der Waals surface area contributed by atoms with E-state index >= 15 is 0 Å². The van der Waals surface area contributed by atoms with E-state index < -0.39 is 0 Å². The molecule has 138 valence electrons. The van der Waals surface area contributed by atoms with Crippen molar-refractivity contribution in [1.29, 1.82) is 0 Å². The summed E-state index contributed by atoms with van der Waals surface area (Å²) in [4.78, 5) is 28.2. The van der Waals surface area contributed by atoms with Gasteiger partial charge in [-0.2, -0.15) is 0 Å². The van der Waals surface area contributed by atoms with Crippen LogP contribution in [0.3, 0.4) is 0 Å². The van der Waals surface area contributed by atoms with Crippen molar-refractivity contribution in [3.05, 3.63) is 53.2 Å². The van der Waals surface area contributed by atoms with Gasteiger partial charge in [0.2, 0.25) is 11.8 Å². The molecule has 1 aromatic carbocycles. The number of amides is 2. The lowest BCUT2D eigenvalue weighted by Crippen LogP contribution is -2.51. The van der Waals surface area contributed by atoms with Gasteiger partial charge in [-0.15, -0.1) is 0 Å². The van der Waals surface area contributed by atoms with Crippen molar-refractivity contribution in [2.24, 2.45) is 0 Å². The molecule has 0 atom stereocenters. The number of halogens is 1. The number of carbonyl (C=O) groups is 2. The molecule has 26 heavy (non-hydrogen) atoms. The molecule has 0 unspecified atom stereocenters. The van der Waals surface area contributed by atoms with E-state index in [1.807, 2.05) is 6.07 Å². The third-order valence-electron chi connectivity index (χ3n) is 4.51. The number of aryl methyl sites for hydroxylation is 2. The summed E-state index contributed by atoms with van der Waals surface area (Å²) in [5.41, 5.74) is 1.44. The number of hydrogen-bond acceptors (Lipinski definition) is 4. The normalized spacial score (nSPS) is 14.5. The zero-order chi connectivity index (χ0) is 18.5. The monoisotopic (exact) mass is 359 g/mol. The molecule has 2 aromatic rings. The number of benzene rings is 1. The second-order valence-electron chi connectivity index (χ2n) is 6.50. The number of aromatic nitrogens is 1. The Balaban J connectivity index is 1.44. The SMILES string of the molecule is Cc1cc(CC(=O)N2CCN(C(=O)CCc3cccc(F)c3)CC2)no1. The Morgan fingerprint density at radius 1 is 1.12 bits per heavy atom. The minimum absolute atomic E-state index is 0.00911. The molecule has 0 spiro atoms. The molecule has 0 N–H and O–H groups in total. The number of carbonyl (C=O) groups excluding carboxylic acids is 2. The van der Waals surface area contributed by atoms with E-state index in [1.54, 1.807) is 28.9 Å². The Kier molecular flexibility index (Phi) is 5.65. The Labute approximate surface area is 151 Å².